The van der Waals surface area contributed by atoms with Gasteiger partial charge in [0.1, 0.15) is 6.10 Å². The van der Waals surface area contributed by atoms with E-state index in [1.807, 2.05) is 53.1 Å². The van der Waals surface area contributed by atoms with Crippen molar-refractivity contribution in [3.63, 3.8) is 0 Å². The zero-order valence-electron chi connectivity index (χ0n) is 9.19. The predicted octanol–water partition coefficient (Wildman–Crippen LogP) is 2.42. The average molecular weight is 224 g/mol. The Morgan fingerprint density at radius 1 is 1.00 bits per heavy atom. The van der Waals surface area contributed by atoms with Crippen LogP contribution >= 0.6 is 0 Å². The van der Waals surface area contributed by atoms with Crippen molar-refractivity contribution in [1.82, 2.24) is 9.38 Å². The number of aromatic nitrogens is 2. The van der Waals surface area contributed by atoms with Crippen LogP contribution in [0.5, 0.6) is 0 Å². The van der Waals surface area contributed by atoms with Gasteiger partial charge in [0.25, 0.3) is 0 Å². The Morgan fingerprint density at radius 3 is 2.65 bits per heavy atom. The monoisotopic (exact) mass is 224 g/mol. The number of aliphatic hydroxyl groups is 1. The predicted molar refractivity (Wildman–Crippen MR) is 65.7 cm³/mol. The minimum atomic E-state index is -0.653. The topological polar surface area (TPSA) is 37.5 Å². The summed E-state index contributed by atoms with van der Waals surface area (Å²) in [5.41, 5.74) is 2.63. The van der Waals surface area contributed by atoms with E-state index in [4.69, 9.17) is 0 Å². The van der Waals surface area contributed by atoms with E-state index in [0.717, 1.165) is 16.8 Å². The zero-order chi connectivity index (χ0) is 11.7. The minimum absolute atomic E-state index is 0.653. The van der Waals surface area contributed by atoms with E-state index in [-0.39, 0.29) is 0 Å². The molecule has 0 saturated carbocycles. The number of rotatable bonds is 2. The molecule has 17 heavy (non-hydrogen) atoms. The first-order valence-corrected chi connectivity index (χ1v) is 5.50. The Labute approximate surface area is 99.0 Å². The third-order valence-electron chi connectivity index (χ3n) is 2.87. The maximum atomic E-state index is 10.3. The van der Waals surface area contributed by atoms with Gasteiger partial charge in [-0.3, -0.25) is 4.98 Å². The number of aliphatic hydroxyl groups excluding tert-OH is 1. The Kier molecular flexibility index (Phi) is 2.38. The molecule has 0 radical (unpaired) electrons. The fourth-order valence-electron chi connectivity index (χ4n) is 2.00. The average Bonchev–Trinajstić information content (AvgIpc) is 2.87. The Balaban J connectivity index is 2.13. The first-order chi connectivity index (χ1) is 8.36. The van der Waals surface area contributed by atoms with E-state index in [1.165, 1.54) is 0 Å². The molecule has 0 bridgehead atoms. The van der Waals surface area contributed by atoms with Gasteiger partial charge in [0.2, 0.25) is 0 Å². The van der Waals surface area contributed by atoms with Gasteiger partial charge in [0, 0.05) is 12.4 Å². The molecule has 2 aromatic heterocycles. The van der Waals surface area contributed by atoms with Crippen LogP contribution in [-0.4, -0.2) is 14.5 Å². The largest absolute Gasteiger partial charge is 0.382 e. The van der Waals surface area contributed by atoms with E-state index in [1.54, 1.807) is 12.4 Å². The van der Waals surface area contributed by atoms with E-state index in [2.05, 4.69) is 4.98 Å². The molecule has 1 N–H and O–H groups in total. The SMILES string of the molecule is OC(c1ccccc1)c1cncc2cccn12. The number of hydrogen-bond donors (Lipinski definition) is 1. The van der Waals surface area contributed by atoms with Crippen LogP contribution in [0.3, 0.4) is 0 Å². The van der Waals surface area contributed by atoms with Crippen molar-refractivity contribution in [3.05, 3.63) is 72.3 Å². The molecule has 0 saturated heterocycles. The third kappa shape index (κ3) is 1.70. The second-order valence-corrected chi connectivity index (χ2v) is 3.95. The maximum absolute atomic E-state index is 10.3. The summed E-state index contributed by atoms with van der Waals surface area (Å²) in [6.45, 7) is 0. The van der Waals surface area contributed by atoms with Gasteiger partial charge in [0.15, 0.2) is 0 Å². The molecule has 3 rings (SSSR count). The van der Waals surface area contributed by atoms with Crippen molar-refractivity contribution >= 4 is 5.52 Å². The number of hydrogen-bond acceptors (Lipinski definition) is 2. The summed E-state index contributed by atoms with van der Waals surface area (Å²) < 4.78 is 1.95. The molecule has 0 aliphatic heterocycles. The van der Waals surface area contributed by atoms with Crippen LogP contribution in [0, 0.1) is 0 Å². The highest BCUT2D eigenvalue weighted by Gasteiger charge is 2.13. The molecule has 0 fully saturated rings. The second kappa shape index (κ2) is 4.03. The van der Waals surface area contributed by atoms with Gasteiger partial charge in [0.05, 0.1) is 17.4 Å². The summed E-state index contributed by atoms with van der Waals surface area (Å²) in [6, 6.07) is 13.5. The molecule has 0 amide bonds. The molecule has 84 valence electrons. The summed E-state index contributed by atoms with van der Waals surface area (Å²) in [5.74, 6) is 0. The van der Waals surface area contributed by atoms with E-state index >= 15 is 0 Å². The van der Waals surface area contributed by atoms with Gasteiger partial charge in [-0.1, -0.05) is 30.3 Å². The van der Waals surface area contributed by atoms with E-state index in [9.17, 15) is 5.11 Å². The summed E-state index contributed by atoms with van der Waals surface area (Å²) in [6.07, 6.45) is 4.75. The first-order valence-electron chi connectivity index (χ1n) is 5.50. The fourth-order valence-corrected chi connectivity index (χ4v) is 2.00. The van der Waals surface area contributed by atoms with Crippen molar-refractivity contribution < 1.29 is 5.11 Å². The minimum Gasteiger partial charge on any atom is -0.382 e. The number of nitrogens with zero attached hydrogens (tertiary/aromatic N) is 2. The van der Waals surface area contributed by atoms with Crippen molar-refractivity contribution in [2.45, 2.75) is 6.10 Å². The van der Waals surface area contributed by atoms with Crippen LogP contribution in [0.15, 0.2) is 61.1 Å². The van der Waals surface area contributed by atoms with Crippen LogP contribution in [0.1, 0.15) is 17.4 Å². The smallest absolute Gasteiger partial charge is 0.121 e. The van der Waals surface area contributed by atoms with Crippen molar-refractivity contribution in [2.24, 2.45) is 0 Å². The number of benzene rings is 1. The van der Waals surface area contributed by atoms with Gasteiger partial charge in [-0.25, -0.2) is 0 Å². The van der Waals surface area contributed by atoms with Crippen molar-refractivity contribution in [3.8, 4) is 0 Å². The van der Waals surface area contributed by atoms with E-state index in [0.29, 0.717) is 0 Å². The molecule has 3 aromatic rings. The highest BCUT2D eigenvalue weighted by molar-refractivity contribution is 5.47. The van der Waals surface area contributed by atoms with Crippen LogP contribution in [0.4, 0.5) is 0 Å². The van der Waals surface area contributed by atoms with Crippen molar-refractivity contribution in [2.75, 3.05) is 0 Å². The van der Waals surface area contributed by atoms with Crippen LogP contribution in [0.25, 0.3) is 5.52 Å². The van der Waals surface area contributed by atoms with Gasteiger partial charge in [-0.05, 0) is 17.7 Å². The second-order valence-electron chi connectivity index (χ2n) is 3.95. The standard InChI is InChI=1S/C14H12N2O/c17-14(11-5-2-1-3-6-11)13-10-15-9-12-7-4-8-16(12)13/h1-10,14,17H. The molecule has 3 heteroatoms. The molecule has 1 unspecified atom stereocenters. The molecular formula is C14H12N2O. The zero-order valence-corrected chi connectivity index (χ0v) is 9.19. The molecule has 0 aliphatic rings. The lowest BCUT2D eigenvalue weighted by Gasteiger charge is -2.13. The molecule has 1 atom stereocenters. The molecule has 0 aliphatic carbocycles. The lowest BCUT2D eigenvalue weighted by Crippen LogP contribution is -2.05. The van der Waals surface area contributed by atoms with Crippen LogP contribution in [-0.2, 0) is 0 Å². The summed E-state index contributed by atoms with van der Waals surface area (Å²) in [5, 5.41) is 10.3. The van der Waals surface area contributed by atoms with Gasteiger partial charge < -0.3 is 9.51 Å². The Bertz CT molecular complexity index is 631. The van der Waals surface area contributed by atoms with Crippen LogP contribution < -0.4 is 0 Å². The summed E-state index contributed by atoms with van der Waals surface area (Å²) in [4.78, 5) is 4.15. The highest BCUT2D eigenvalue weighted by Crippen LogP contribution is 2.21. The van der Waals surface area contributed by atoms with Crippen molar-refractivity contribution in [1.29, 1.82) is 0 Å². The van der Waals surface area contributed by atoms with Gasteiger partial charge >= 0.3 is 0 Å². The number of fused-ring (bicyclic) bond motifs is 1. The lowest BCUT2D eigenvalue weighted by atomic mass is 10.1. The summed E-state index contributed by atoms with van der Waals surface area (Å²) >= 11 is 0. The highest BCUT2D eigenvalue weighted by atomic mass is 16.3. The normalized spacial score (nSPS) is 12.8. The molecule has 2 heterocycles. The van der Waals surface area contributed by atoms with Crippen LogP contribution in [0.2, 0.25) is 0 Å². The fraction of sp³-hybridized carbons (Fsp3) is 0.0714. The molecule has 0 spiro atoms. The lowest BCUT2D eigenvalue weighted by molar-refractivity contribution is 0.213. The summed E-state index contributed by atoms with van der Waals surface area (Å²) in [7, 11) is 0. The quantitative estimate of drug-likeness (QED) is 0.725. The maximum Gasteiger partial charge on any atom is 0.121 e. The van der Waals surface area contributed by atoms with Gasteiger partial charge in [-0.2, -0.15) is 0 Å². The first kappa shape index (κ1) is 10.1. The third-order valence-corrected chi connectivity index (χ3v) is 2.87. The van der Waals surface area contributed by atoms with E-state index < -0.39 is 6.10 Å². The Hall–Kier alpha value is -2.13. The molecule has 3 nitrogen and oxygen atoms in total. The molecular weight excluding hydrogens is 212 g/mol. The molecule has 1 aromatic carbocycles. The van der Waals surface area contributed by atoms with Gasteiger partial charge in [-0.15, -0.1) is 0 Å². The Morgan fingerprint density at radius 2 is 1.82 bits per heavy atom.